The molecule has 6 nitrogen and oxygen atoms in total. The Bertz CT molecular complexity index is 917. The number of nitrogens with zero attached hydrogens (tertiary/aromatic N) is 2. The Hall–Kier alpha value is -2.73. The Labute approximate surface area is 162 Å². The molecule has 2 bridgehead atoms. The molecule has 5 rings (SSSR count). The monoisotopic (exact) mass is 386 g/mol. The molecule has 3 aliphatic rings. The maximum atomic E-state index is 12.8. The van der Waals surface area contributed by atoms with Crippen molar-refractivity contribution in [2.24, 2.45) is 0 Å². The van der Waals surface area contributed by atoms with E-state index >= 15 is 0 Å². The summed E-state index contributed by atoms with van der Waals surface area (Å²) in [6.07, 6.45) is -1.18. The molecule has 1 aliphatic carbocycles. The van der Waals surface area contributed by atoms with Gasteiger partial charge in [0.25, 0.3) is 0 Å². The highest BCUT2D eigenvalue weighted by Crippen LogP contribution is 2.53. The number of fused-ring (bicyclic) bond motifs is 1. The minimum absolute atomic E-state index is 0.202. The number of halogens is 1. The topological polar surface area (TPSA) is 59.1 Å². The predicted octanol–water partition coefficient (Wildman–Crippen LogP) is 4.68. The third kappa shape index (κ3) is 2.63. The smallest absolute Gasteiger partial charge is 0.429 e. The SMILES string of the molecule is CCOC(=O)N1[C@@H]2c3ccccc3[C@@H](c3cc(Cl)ccc32)N1C(=O)OCC. The van der Waals surface area contributed by atoms with E-state index in [0.717, 1.165) is 22.3 Å². The van der Waals surface area contributed by atoms with E-state index in [0.29, 0.717) is 5.02 Å². The summed E-state index contributed by atoms with van der Waals surface area (Å²) < 4.78 is 10.5. The number of benzene rings is 2. The standard InChI is InChI=1S/C20H19ClN2O4/c1-3-26-19(24)22-17-13-7-5-6-8-14(13)18(23(22)20(25)27-4-2)16-11-12(21)9-10-15(16)17/h5-11,17-18H,3-4H2,1-2H3/t17-,18+/m1/s1. The average Bonchev–Trinajstić information content (AvgIpc) is 2.67. The van der Waals surface area contributed by atoms with Gasteiger partial charge in [0.2, 0.25) is 0 Å². The molecule has 0 fully saturated rings. The first-order valence-electron chi connectivity index (χ1n) is 8.88. The average molecular weight is 387 g/mol. The third-order valence-electron chi connectivity index (χ3n) is 4.85. The molecule has 2 aromatic carbocycles. The van der Waals surface area contributed by atoms with Crippen LogP contribution in [0, 0.1) is 0 Å². The van der Waals surface area contributed by atoms with Crippen molar-refractivity contribution >= 4 is 23.8 Å². The molecule has 7 heteroatoms. The predicted molar refractivity (Wildman–Crippen MR) is 99.3 cm³/mol. The molecular weight excluding hydrogens is 368 g/mol. The molecule has 2 aromatic rings. The molecule has 0 spiro atoms. The summed E-state index contributed by atoms with van der Waals surface area (Å²) in [5.74, 6) is 0. The summed E-state index contributed by atoms with van der Waals surface area (Å²) in [7, 11) is 0. The van der Waals surface area contributed by atoms with E-state index in [9.17, 15) is 9.59 Å². The highest BCUT2D eigenvalue weighted by Gasteiger charge is 2.52. The number of hydrogen-bond donors (Lipinski definition) is 0. The van der Waals surface area contributed by atoms with Crippen molar-refractivity contribution in [3.8, 4) is 0 Å². The molecule has 2 aliphatic heterocycles. The van der Waals surface area contributed by atoms with Gasteiger partial charge in [-0.2, -0.15) is 0 Å². The summed E-state index contributed by atoms with van der Waals surface area (Å²) in [6.45, 7) is 3.87. The van der Waals surface area contributed by atoms with Gasteiger partial charge in [0.05, 0.1) is 13.2 Å². The van der Waals surface area contributed by atoms with Crippen molar-refractivity contribution in [1.29, 1.82) is 0 Å². The van der Waals surface area contributed by atoms with Crippen molar-refractivity contribution in [2.75, 3.05) is 13.2 Å². The second kappa shape index (κ2) is 6.78. The molecule has 2 atom stereocenters. The van der Waals surface area contributed by atoms with Crippen molar-refractivity contribution in [2.45, 2.75) is 25.9 Å². The Balaban J connectivity index is 1.96. The van der Waals surface area contributed by atoms with Gasteiger partial charge >= 0.3 is 12.2 Å². The lowest BCUT2D eigenvalue weighted by molar-refractivity contribution is -0.0710. The maximum absolute atomic E-state index is 12.8. The van der Waals surface area contributed by atoms with Gasteiger partial charge in [-0.15, -0.1) is 0 Å². The Morgan fingerprint density at radius 3 is 1.85 bits per heavy atom. The van der Waals surface area contributed by atoms with Gasteiger partial charge in [-0.05, 0) is 48.2 Å². The molecule has 0 radical (unpaired) electrons. The van der Waals surface area contributed by atoms with Gasteiger partial charge in [-0.1, -0.05) is 41.9 Å². The fourth-order valence-corrected chi connectivity index (χ4v) is 4.10. The Kier molecular flexibility index (Phi) is 4.44. The number of carbonyl (C=O) groups is 2. The van der Waals surface area contributed by atoms with Gasteiger partial charge in [0.15, 0.2) is 0 Å². The van der Waals surface area contributed by atoms with Crippen molar-refractivity contribution in [1.82, 2.24) is 10.0 Å². The molecule has 0 N–H and O–H groups in total. The number of rotatable bonds is 2. The zero-order valence-electron chi connectivity index (χ0n) is 15.0. The number of carbonyl (C=O) groups excluding carboxylic acids is 2. The summed E-state index contributed by atoms with van der Waals surface area (Å²) in [5.41, 5.74) is 3.73. The third-order valence-corrected chi connectivity index (χ3v) is 5.09. The number of ether oxygens (including phenoxy) is 2. The normalized spacial score (nSPS) is 19.4. The molecule has 27 heavy (non-hydrogen) atoms. The Morgan fingerprint density at radius 2 is 1.33 bits per heavy atom. The van der Waals surface area contributed by atoms with Gasteiger partial charge in [0, 0.05) is 5.02 Å². The minimum atomic E-state index is -0.597. The van der Waals surface area contributed by atoms with Gasteiger partial charge in [-0.3, -0.25) is 0 Å². The molecule has 0 saturated carbocycles. The quantitative estimate of drug-likeness (QED) is 0.752. The van der Waals surface area contributed by atoms with E-state index in [1.807, 2.05) is 36.4 Å². The zero-order chi connectivity index (χ0) is 19.1. The van der Waals surface area contributed by atoms with E-state index in [4.69, 9.17) is 21.1 Å². The van der Waals surface area contributed by atoms with E-state index in [-0.39, 0.29) is 13.2 Å². The van der Waals surface area contributed by atoms with Crippen molar-refractivity contribution < 1.29 is 19.1 Å². The zero-order valence-corrected chi connectivity index (χ0v) is 15.8. The van der Waals surface area contributed by atoms with Gasteiger partial charge in [0.1, 0.15) is 12.1 Å². The minimum Gasteiger partial charge on any atom is -0.448 e. The van der Waals surface area contributed by atoms with Crippen LogP contribution in [0.2, 0.25) is 5.02 Å². The summed E-state index contributed by atoms with van der Waals surface area (Å²) >= 11 is 6.24. The summed E-state index contributed by atoms with van der Waals surface area (Å²) in [4.78, 5) is 25.7. The Morgan fingerprint density at radius 1 is 0.852 bits per heavy atom. The van der Waals surface area contributed by atoms with Crippen LogP contribution in [0.5, 0.6) is 0 Å². The first kappa shape index (κ1) is 17.7. The summed E-state index contributed by atoms with van der Waals surface area (Å²) in [5, 5.41) is 3.29. The number of hydrogen-bond acceptors (Lipinski definition) is 4. The fraction of sp³-hybridized carbons (Fsp3) is 0.300. The summed E-state index contributed by atoms with van der Waals surface area (Å²) in [6, 6.07) is 12.3. The van der Waals surface area contributed by atoms with Crippen LogP contribution >= 0.6 is 11.6 Å². The first-order chi connectivity index (χ1) is 13.1. The van der Waals surface area contributed by atoms with Gasteiger partial charge in [-0.25, -0.2) is 19.6 Å². The molecule has 2 heterocycles. The molecule has 2 amide bonds. The maximum Gasteiger partial charge on any atom is 0.429 e. The second-order valence-electron chi connectivity index (χ2n) is 6.29. The van der Waals surface area contributed by atoms with Crippen LogP contribution in [-0.2, 0) is 9.47 Å². The first-order valence-corrected chi connectivity index (χ1v) is 9.26. The second-order valence-corrected chi connectivity index (χ2v) is 6.73. The van der Waals surface area contributed by atoms with E-state index in [2.05, 4.69) is 0 Å². The van der Waals surface area contributed by atoms with Crippen LogP contribution in [0.4, 0.5) is 9.59 Å². The van der Waals surface area contributed by atoms with E-state index in [1.54, 1.807) is 19.9 Å². The van der Waals surface area contributed by atoms with Crippen molar-refractivity contribution in [3.63, 3.8) is 0 Å². The van der Waals surface area contributed by atoms with Gasteiger partial charge < -0.3 is 9.47 Å². The van der Waals surface area contributed by atoms with Crippen LogP contribution in [0.1, 0.15) is 48.2 Å². The van der Waals surface area contributed by atoms with Crippen LogP contribution < -0.4 is 0 Å². The van der Waals surface area contributed by atoms with Crippen LogP contribution in [0.15, 0.2) is 42.5 Å². The van der Waals surface area contributed by atoms with E-state index in [1.165, 1.54) is 10.0 Å². The molecule has 0 saturated heterocycles. The lowest BCUT2D eigenvalue weighted by Crippen LogP contribution is -2.59. The molecule has 140 valence electrons. The fourth-order valence-electron chi connectivity index (χ4n) is 3.92. The van der Waals surface area contributed by atoms with Crippen LogP contribution in [0.25, 0.3) is 0 Å². The van der Waals surface area contributed by atoms with E-state index < -0.39 is 24.3 Å². The van der Waals surface area contributed by atoms with Crippen LogP contribution in [0.3, 0.4) is 0 Å². The molecule has 0 unspecified atom stereocenters. The lowest BCUT2D eigenvalue weighted by atomic mass is 9.76. The number of hydrazine groups is 1. The largest absolute Gasteiger partial charge is 0.448 e. The van der Waals surface area contributed by atoms with Crippen molar-refractivity contribution in [3.05, 3.63) is 69.7 Å². The highest BCUT2D eigenvalue weighted by atomic mass is 35.5. The molecule has 0 aromatic heterocycles. The molecular formula is C20H19ClN2O4. The highest BCUT2D eigenvalue weighted by molar-refractivity contribution is 6.30. The van der Waals surface area contributed by atoms with Crippen LogP contribution in [-0.4, -0.2) is 35.4 Å². The lowest BCUT2D eigenvalue weighted by Gasteiger charge is -2.52. The number of amides is 2.